The maximum Gasteiger partial charge on any atom is 0.408 e. The summed E-state index contributed by atoms with van der Waals surface area (Å²) in [5, 5.41) is 14.7. The van der Waals surface area contributed by atoms with Crippen molar-refractivity contribution in [3.05, 3.63) is 47.5 Å². The topological polar surface area (TPSA) is 134 Å². The lowest BCUT2D eigenvalue weighted by molar-refractivity contribution is -0.144. The SMILES string of the molecule is C=CCN(C(=O)C(CO)NC(=O)OC(C)(C)C)C(C(=O)NCC(=O)OC)c1cccc(C)c1C. The smallest absolute Gasteiger partial charge is 0.408 e. The summed E-state index contributed by atoms with van der Waals surface area (Å²) in [6.07, 6.45) is 0.530. The Kier molecular flexibility index (Phi) is 10.7. The molecule has 3 N–H and O–H groups in total. The summed E-state index contributed by atoms with van der Waals surface area (Å²) < 4.78 is 9.76. The van der Waals surface area contributed by atoms with Crippen molar-refractivity contribution in [3.63, 3.8) is 0 Å². The van der Waals surface area contributed by atoms with Crippen molar-refractivity contribution < 1.29 is 33.8 Å². The molecular formula is C24H35N3O7. The van der Waals surface area contributed by atoms with Crippen LogP contribution in [0, 0.1) is 13.8 Å². The second kappa shape index (κ2) is 12.7. The third kappa shape index (κ3) is 8.18. The monoisotopic (exact) mass is 477 g/mol. The number of alkyl carbamates (subject to hydrolysis) is 1. The van der Waals surface area contributed by atoms with Crippen molar-refractivity contribution in [2.45, 2.75) is 52.3 Å². The van der Waals surface area contributed by atoms with Crippen LogP contribution in [-0.2, 0) is 23.9 Å². The first-order valence-electron chi connectivity index (χ1n) is 10.8. The molecular weight excluding hydrogens is 442 g/mol. The van der Waals surface area contributed by atoms with Crippen molar-refractivity contribution in [3.8, 4) is 0 Å². The van der Waals surface area contributed by atoms with Gasteiger partial charge in [0.1, 0.15) is 24.2 Å². The Morgan fingerprint density at radius 3 is 2.38 bits per heavy atom. The van der Waals surface area contributed by atoms with E-state index in [0.29, 0.717) is 5.56 Å². The van der Waals surface area contributed by atoms with E-state index in [1.165, 1.54) is 18.1 Å². The molecule has 0 radical (unpaired) electrons. The van der Waals surface area contributed by atoms with E-state index < -0.39 is 54.7 Å². The Hall–Kier alpha value is -3.40. The van der Waals surface area contributed by atoms with E-state index in [4.69, 9.17) is 4.74 Å². The summed E-state index contributed by atoms with van der Waals surface area (Å²) in [6, 6.07) is 2.75. The summed E-state index contributed by atoms with van der Waals surface area (Å²) in [4.78, 5) is 51.7. The fourth-order valence-corrected chi connectivity index (χ4v) is 3.15. The van der Waals surface area contributed by atoms with Gasteiger partial charge in [-0.15, -0.1) is 6.58 Å². The lowest BCUT2D eigenvalue weighted by atomic mass is 9.95. The van der Waals surface area contributed by atoms with Crippen LogP contribution >= 0.6 is 0 Å². The van der Waals surface area contributed by atoms with E-state index in [0.717, 1.165) is 11.1 Å². The number of aryl methyl sites for hydroxylation is 1. The molecule has 0 saturated heterocycles. The number of carbonyl (C=O) groups is 4. The Labute approximate surface area is 200 Å². The van der Waals surface area contributed by atoms with Gasteiger partial charge in [-0.1, -0.05) is 24.3 Å². The number of nitrogens with zero attached hydrogens (tertiary/aromatic N) is 1. The summed E-state index contributed by atoms with van der Waals surface area (Å²) >= 11 is 0. The molecule has 188 valence electrons. The standard InChI is InChI=1S/C24H35N3O7/c1-8-12-27(22(31)18(14-28)26-23(32)34-24(4,5)6)20(21(30)25-13-19(29)33-7)17-11-9-10-15(2)16(17)3/h8-11,18,20,28H,1,12-14H2,2-7H3,(H,25,30)(H,26,32). The summed E-state index contributed by atoms with van der Waals surface area (Å²) in [7, 11) is 1.19. The predicted molar refractivity (Wildman–Crippen MR) is 126 cm³/mol. The second-order valence-corrected chi connectivity index (χ2v) is 8.65. The van der Waals surface area contributed by atoms with E-state index >= 15 is 0 Å². The maximum atomic E-state index is 13.5. The number of esters is 1. The van der Waals surface area contributed by atoms with Crippen molar-refractivity contribution in [1.82, 2.24) is 15.5 Å². The molecule has 0 aromatic heterocycles. The van der Waals surface area contributed by atoms with Crippen LogP contribution in [0.4, 0.5) is 4.79 Å². The number of benzene rings is 1. The molecule has 34 heavy (non-hydrogen) atoms. The van der Waals surface area contributed by atoms with Gasteiger partial charge in [-0.25, -0.2) is 4.79 Å². The van der Waals surface area contributed by atoms with Crippen molar-refractivity contribution >= 4 is 23.9 Å². The average molecular weight is 478 g/mol. The van der Waals surface area contributed by atoms with Gasteiger partial charge in [-0.3, -0.25) is 14.4 Å². The normalized spacial score (nSPS) is 12.7. The zero-order chi connectivity index (χ0) is 26.1. The third-order valence-corrected chi connectivity index (χ3v) is 4.92. The Morgan fingerprint density at radius 1 is 1.21 bits per heavy atom. The van der Waals surface area contributed by atoms with Crippen LogP contribution in [-0.4, -0.2) is 72.3 Å². The summed E-state index contributed by atoms with van der Waals surface area (Å²) in [5.74, 6) is -2.02. The first kappa shape index (κ1) is 28.6. The molecule has 1 aromatic carbocycles. The quantitative estimate of drug-likeness (QED) is 0.344. The lowest BCUT2D eigenvalue weighted by Crippen LogP contribution is -2.54. The molecule has 0 aliphatic carbocycles. The number of carbonyl (C=O) groups excluding carboxylic acids is 4. The van der Waals surface area contributed by atoms with Gasteiger partial charge in [0.05, 0.1) is 13.7 Å². The molecule has 0 aliphatic rings. The fraction of sp³-hybridized carbons (Fsp3) is 0.500. The molecule has 0 fully saturated rings. The molecule has 3 amide bonds. The number of aliphatic hydroxyl groups is 1. The van der Waals surface area contributed by atoms with Gasteiger partial charge in [-0.05, 0) is 51.3 Å². The Bertz CT molecular complexity index is 908. The molecule has 10 heteroatoms. The largest absolute Gasteiger partial charge is 0.468 e. The fourth-order valence-electron chi connectivity index (χ4n) is 3.15. The lowest BCUT2D eigenvalue weighted by Gasteiger charge is -2.34. The number of nitrogens with one attached hydrogen (secondary N) is 2. The highest BCUT2D eigenvalue weighted by Gasteiger charge is 2.36. The van der Waals surface area contributed by atoms with E-state index in [9.17, 15) is 24.3 Å². The molecule has 0 spiro atoms. The van der Waals surface area contributed by atoms with Gasteiger partial charge in [-0.2, -0.15) is 0 Å². The molecule has 0 heterocycles. The molecule has 0 bridgehead atoms. The van der Waals surface area contributed by atoms with Crippen LogP contribution in [0.5, 0.6) is 0 Å². The minimum Gasteiger partial charge on any atom is -0.468 e. The molecule has 1 rings (SSSR count). The molecule has 0 aliphatic heterocycles. The van der Waals surface area contributed by atoms with E-state index in [-0.39, 0.29) is 6.54 Å². The molecule has 0 saturated carbocycles. The van der Waals surface area contributed by atoms with Crippen LogP contribution in [0.15, 0.2) is 30.9 Å². The number of hydrogen-bond acceptors (Lipinski definition) is 7. The van der Waals surface area contributed by atoms with Crippen LogP contribution in [0.2, 0.25) is 0 Å². The Morgan fingerprint density at radius 2 is 1.85 bits per heavy atom. The van der Waals surface area contributed by atoms with Crippen molar-refractivity contribution in [2.24, 2.45) is 0 Å². The van der Waals surface area contributed by atoms with Crippen LogP contribution in [0.25, 0.3) is 0 Å². The summed E-state index contributed by atoms with van der Waals surface area (Å²) in [6.45, 7) is 11.1. The summed E-state index contributed by atoms with van der Waals surface area (Å²) in [5.41, 5.74) is 1.36. The van der Waals surface area contributed by atoms with Crippen molar-refractivity contribution in [1.29, 1.82) is 0 Å². The second-order valence-electron chi connectivity index (χ2n) is 8.65. The van der Waals surface area contributed by atoms with Gasteiger partial charge >= 0.3 is 12.1 Å². The number of methoxy groups -OCH3 is 1. The minimum atomic E-state index is -1.38. The van der Waals surface area contributed by atoms with Gasteiger partial charge in [0, 0.05) is 6.54 Å². The molecule has 1 aromatic rings. The molecule has 2 unspecified atom stereocenters. The van der Waals surface area contributed by atoms with Gasteiger partial charge < -0.3 is 30.1 Å². The zero-order valence-electron chi connectivity index (χ0n) is 20.6. The number of ether oxygens (including phenoxy) is 2. The van der Waals surface area contributed by atoms with E-state index in [2.05, 4.69) is 21.9 Å². The third-order valence-electron chi connectivity index (χ3n) is 4.92. The number of aliphatic hydroxyl groups excluding tert-OH is 1. The molecule has 2 atom stereocenters. The van der Waals surface area contributed by atoms with Crippen LogP contribution in [0.1, 0.15) is 43.5 Å². The van der Waals surface area contributed by atoms with Gasteiger partial charge in [0.2, 0.25) is 11.8 Å². The van der Waals surface area contributed by atoms with E-state index in [1.807, 2.05) is 19.9 Å². The highest BCUT2D eigenvalue weighted by Crippen LogP contribution is 2.27. The van der Waals surface area contributed by atoms with Crippen LogP contribution < -0.4 is 10.6 Å². The van der Waals surface area contributed by atoms with E-state index in [1.54, 1.807) is 32.9 Å². The number of amides is 3. The van der Waals surface area contributed by atoms with Gasteiger partial charge in [0.15, 0.2) is 0 Å². The van der Waals surface area contributed by atoms with Crippen molar-refractivity contribution in [2.75, 3.05) is 26.8 Å². The number of rotatable bonds is 10. The Balaban J connectivity index is 3.41. The maximum absolute atomic E-state index is 13.5. The molecule has 10 nitrogen and oxygen atoms in total. The zero-order valence-corrected chi connectivity index (χ0v) is 20.6. The highest BCUT2D eigenvalue weighted by molar-refractivity contribution is 5.93. The predicted octanol–water partition coefficient (Wildman–Crippen LogP) is 1.53. The average Bonchev–Trinajstić information content (AvgIpc) is 2.76. The van der Waals surface area contributed by atoms with Crippen LogP contribution in [0.3, 0.4) is 0 Å². The first-order valence-corrected chi connectivity index (χ1v) is 10.8. The number of hydrogen-bond donors (Lipinski definition) is 3. The minimum absolute atomic E-state index is 0.0744. The van der Waals surface area contributed by atoms with Gasteiger partial charge in [0.25, 0.3) is 0 Å². The first-order chi connectivity index (χ1) is 15.9. The highest BCUT2D eigenvalue weighted by atomic mass is 16.6.